The quantitative estimate of drug-likeness (QED) is 0.729. The first kappa shape index (κ1) is 15.8. The lowest BCUT2D eigenvalue weighted by Gasteiger charge is -2.33. The van der Waals surface area contributed by atoms with Crippen LogP contribution in [-0.2, 0) is 9.47 Å². The minimum atomic E-state index is 0.0661. The summed E-state index contributed by atoms with van der Waals surface area (Å²) in [5.41, 5.74) is 5.82. The number of rotatable bonds is 7. The van der Waals surface area contributed by atoms with Gasteiger partial charge in [0.15, 0.2) is 0 Å². The van der Waals surface area contributed by atoms with E-state index in [1.807, 2.05) is 6.07 Å². The molecule has 1 aliphatic heterocycles. The number of nitrogens with zero attached hydrogens (tertiary/aromatic N) is 3. The first-order valence-electron chi connectivity index (χ1n) is 7.46. The molecular formula is C14H25N5O2. The zero-order chi connectivity index (χ0) is 15.1. The van der Waals surface area contributed by atoms with Gasteiger partial charge in [-0.1, -0.05) is 13.3 Å². The van der Waals surface area contributed by atoms with Crippen LogP contribution in [0.1, 0.15) is 19.8 Å². The summed E-state index contributed by atoms with van der Waals surface area (Å²) in [7, 11) is 1.68. The highest BCUT2D eigenvalue weighted by Gasteiger charge is 2.22. The number of methoxy groups -OCH3 is 1. The van der Waals surface area contributed by atoms with Crippen LogP contribution >= 0.6 is 0 Å². The highest BCUT2D eigenvalue weighted by Crippen LogP contribution is 2.19. The van der Waals surface area contributed by atoms with Crippen molar-refractivity contribution in [2.45, 2.75) is 25.9 Å². The highest BCUT2D eigenvalue weighted by molar-refractivity contribution is 5.52. The molecule has 7 heteroatoms. The molecule has 0 aliphatic carbocycles. The van der Waals surface area contributed by atoms with E-state index in [0.717, 1.165) is 44.1 Å². The normalized spacial score (nSPS) is 18.8. The Morgan fingerprint density at radius 1 is 1.52 bits per heavy atom. The lowest BCUT2D eigenvalue weighted by Crippen LogP contribution is -2.44. The summed E-state index contributed by atoms with van der Waals surface area (Å²) >= 11 is 0. The van der Waals surface area contributed by atoms with Crippen molar-refractivity contribution >= 4 is 17.6 Å². The predicted octanol–water partition coefficient (Wildman–Crippen LogP) is 1.12. The Morgan fingerprint density at radius 3 is 3.14 bits per heavy atom. The number of hydrogen-bond donors (Lipinski definition) is 2. The van der Waals surface area contributed by atoms with Crippen molar-refractivity contribution in [1.29, 1.82) is 0 Å². The second-order valence-electron chi connectivity index (χ2n) is 5.14. The topological polar surface area (TPSA) is 85.5 Å². The van der Waals surface area contributed by atoms with E-state index in [9.17, 15) is 0 Å². The average molecular weight is 295 g/mol. The summed E-state index contributed by atoms with van der Waals surface area (Å²) in [5, 5.41) is 3.29. The Kier molecular flexibility index (Phi) is 6.01. The van der Waals surface area contributed by atoms with Gasteiger partial charge in [-0.3, -0.25) is 0 Å². The smallest absolute Gasteiger partial charge is 0.223 e. The van der Waals surface area contributed by atoms with Crippen molar-refractivity contribution in [2.75, 3.05) is 55.9 Å². The molecule has 7 nitrogen and oxygen atoms in total. The molecule has 1 aromatic heterocycles. The molecule has 0 spiro atoms. The van der Waals surface area contributed by atoms with Crippen molar-refractivity contribution in [2.24, 2.45) is 0 Å². The monoisotopic (exact) mass is 295 g/mol. The molecular weight excluding hydrogens is 270 g/mol. The van der Waals surface area contributed by atoms with Gasteiger partial charge < -0.3 is 25.4 Å². The fourth-order valence-electron chi connectivity index (χ4n) is 2.31. The number of nitrogen functional groups attached to an aromatic ring is 1. The molecule has 0 unspecified atom stereocenters. The van der Waals surface area contributed by atoms with Crippen molar-refractivity contribution < 1.29 is 9.47 Å². The van der Waals surface area contributed by atoms with Crippen molar-refractivity contribution in [3.8, 4) is 0 Å². The molecule has 1 aliphatic rings. The third-order valence-electron chi connectivity index (χ3n) is 3.38. The summed E-state index contributed by atoms with van der Waals surface area (Å²) in [4.78, 5) is 10.7. The Bertz CT molecular complexity index is 441. The largest absolute Gasteiger partial charge is 0.382 e. The summed E-state index contributed by atoms with van der Waals surface area (Å²) in [6.45, 7) is 5.84. The molecule has 21 heavy (non-hydrogen) atoms. The molecule has 1 aromatic rings. The number of hydrogen-bond acceptors (Lipinski definition) is 7. The van der Waals surface area contributed by atoms with Gasteiger partial charge in [0, 0.05) is 32.8 Å². The number of unbranched alkanes of at least 4 members (excludes halogenated alkanes) is 1. The fourth-order valence-corrected chi connectivity index (χ4v) is 2.31. The number of aromatic nitrogens is 2. The number of anilines is 3. The van der Waals surface area contributed by atoms with Gasteiger partial charge in [-0.05, 0) is 6.42 Å². The maximum atomic E-state index is 5.82. The molecule has 0 amide bonds. The molecule has 2 rings (SSSR count). The van der Waals surface area contributed by atoms with Gasteiger partial charge in [-0.15, -0.1) is 0 Å². The van der Waals surface area contributed by atoms with Crippen molar-refractivity contribution in [3.63, 3.8) is 0 Å². The van der Waals surface area contributed by atoms with E-state index >= 15 is 0 Å². The molecule has 0 saturated carbocycles. The van der Waals surface area contributed by atoms with Gasteiger partial charge in [0.2, 0.25) is 5.95 Å². The van der Waals surface area contributed by atoms with Gasteiger partial charge >= 0.3 is 0 Å². The standard InChI is InChI=1S/C14H25N5O2/c1-3-4-5-16-12-8-13(18-14(15)17-12)19-6-7-21-11(9-19)10-20-2/h8,11H,3-7,9-10H2,1-2H3,(H3,15,16,17,18)/t11-/m1/s1. The number of ether oxygens (including phenoxy) is 2. The zero-order valence-electron chi connectivity index (χ0n) is 12.8. The lowest BCUT2D eigenvalue weighted by molar-refractivity contribution is -0.0102. The van der Waals surface area contributed by atoms with Crippen LogP contribution in [0.25, 0.3) is 0 Å². The zero-order valence-corrected chi connectivity index (χ0v) is 12.8. The van der Waals surface area contributed by atoms with Gasteiger partial charge in [-0.25, -0.2) is 0 Å². The predicted molar refractivity (Wildman–Crippen MR) is 83.7 cm³/mol. The summed E-state index contributed by atoms with van der Waals surface area (Å²) in [6.07, 6.45) is 2.31. The molecule has 118 valence electrons. The van der Waals surface area contributed by atoms with Gasteiger partial charge in [0.05, 0.1) is 19.3 Å². The highest BCUT2D eigenvalue weighted by atomic mass is 16.5. The first-order chi connectivity index (χ1) is 10.2. The summed E-state index contributed by atoms with van der Waals surface area (Å²) < 4.78 is 10.8. The van der Waals surface area contributed by atoms with Crippen LogP contribution in [0.5, 0.6) is 0 Å². The van der Waals surface area contributed by atoms with E-state index < -0.39 is 0 Å². The maximum Gasteiger partial charge on any atom is 0.223 e. The molecule has 3 N–H and O–H groups in total. The van der Waals surface area contributed by atoms with Crippen molar-refractivity contribution in [3.05, 3.63) is 6.07 Å². The van der Waals surface area contributed by atoms with E-state index in [-0.39, 0.29) is 6.10 Å². The van der Waals surface area contributed by atoms with Gasteiger partial charge in [-0.2, -0.15) is 9.97 Å². The molecule has 0 radical (unpaired) electrons. The fraction of sp³-hybridized carbons (Fsp3) is 0.714. The van der Waals surface area contributed by atoms with Gasteiger partial charge in [0.25, 0.3) is 0 Å². The SMILES string of the molecule is CCCCNc1cc(N2CCO[C@@H](COC)C2)nc(N)n1. The minimum absolute atomic E-state index is 0.0661. The molecule has 1 saturated heterocycles. The van der Waals surface area contributed by atoms with Crippen LogP contribution in [-0.4, -0.2) is 56.0 Å². The third kappa shape index (κ3) is 4.71. The summed E-state index contributed by atoms with van der Waals surface area (Å²) in [6, 6.07) is 1.95. The van der Waals surface area contributed by atoms with Crippen LogP contribution in [0, 0.1) is 0 Å². The van der Waals surface area contributed by atoms with E-state index in [1.54, 1.807) is 7.11 Å². The Morgan fingerprint density at radius 2 is 2.38 bits per heavy atom. The number of nitrogens with one attached hydrogen (secondary N) is 1. The van der Waals surface area contributed by atoms with Gasteiger partial charge in [0.1, 0.15) is 11.6 Å². The van der Waals surface area contributed by atoms with Crippen LogP contribution in [0.4, 0.5) is 17.6 Å². The molecule has 0 aromatic carbocycles. The third-order valence-corrected chi connectivity index (χ3v) is 3.38. The average Bonchev–Trinajstić information content (AvgIpc) is 2.48. The maximum absolute atomic E-state index is 5.82. The van der Waals surface area contributed by atoms with E-state index in [4.69, 9.17) is 15.2 Å². The Hall–Kier alpha value is -1.60. The van der Waals surface area contributed by atoms with Crippen LogP contribution in [0.2, 0.25) is 0 Å². The minimum Gasteiger partial charge on any atom is -0.382 e. The van der Waals surface area contributed by atoms with Crippen LogP contribution in [0.15, 0.2) is 6.07 Å². The van der Waals surface area contributed by atoms with E-state index in [2.05, 4.69) is 27.1 Å². The Labute approximate surface area is 125 Å². The van der Waals surface area contributed by atoms with E-state index in [1.165, 1.54) is 0 Å². The number of nitrogens with two attached hydrogens (primary N) is 1. The van der Waals surface area contributed by atoms with E-state index in [0.29, 0.717) is 19.2 Å². The summed E-state index contributed by atoms with van der Waals surface area (Å²) in [5.74, 6) is 1.91. The van der Waals surface area contributed by atoms with Crippen LogP contribution < -0.4 is 16.0 Å². The first-order valence-corrected chi connectivity index (χ1v) is 7.46. The molecule has 1 fully saturated rings. The Balaban J connectivity index is 2.04. The molecule has 2 heterocycles. The second kappa shape index (κ2) is 7.99. The second-order valence-corrected chi connectivity index (χ2v) is 5.14. The number of morpholine rings is 1. The molecule has 1 atom stereocenters. The molecule has 0 bridgehead atoms. The van der Waals surface area contributed by atoms with Crippen LogP contribution in [0.3, 0.4) is 0 Å². The van der Waals surface area contributed by atoms with Crippen molar-refractivity contribution in [1.82, 2.24) is 9.97 Å². The lowest BCUT2D eigenvalue weighted by atomic mass is 10.3.